The average Bonchev–Trinajstić information content (AvgIpc) is 2.61. The van der Waals surface area contributed by atoms with Crippen LogP contribution in [0.2, 0.25) is 0 Å². The Morgan fingerprint density at radius 3 is 2.09 bits per heavy atom. The van der Waals surface area contributed by atoms with Gasteiger partial charge < -0.3 is 0 Å². The number of non-ortho nitro benzene ring substituents is 1. The summed E-state index contributed by atoms with van der Waals surface area (Å²) in [6, 6.07) is 24.7. The van der Waals surface area contributed by atoms with Crippen molar-refractivity contribution in [1.82, 2.24) is 0 Å². The molecule has 3 heteroatoms. The number of hydrogen-bond acceptors (Lipinski definition) is 2. The van der Waals surface area contributed by atoms with E-state index >= 15 is 0 Å². The summed E-state index contributed by atoms with van der Waals surface area (Å²) in [7, 11) is 0. The van der Waals surface area contributed by atoms with Gasteiger partial charge in [0, 0.05) is 12.1 Å². The summed E-state index contributed by atoms with van der Waals surface area (Å²) in [5, 5.41) is 11.1. The second-order valence-corrected chi connectivity index (χ2v) is 5.14. The molecule has 0 saturated carbocycles. The van der Waals surface area contributed by atoms with E-state index in [2.05, 4.69) is 0 Å². The fourth-order valence-corrected chi connectivity index (χ4v) is 2.43. The van der Waals surface area contributed by atoms with E-state index in [9.17, 15) is 10.1 Å². The molecule has 0 aliphatic carbocycles. The Morgan fingerprint density at radius 2 is 1.43 bits per heavy atom. The number of hydrogen-bond donors (Lipinski definition) is 0. The third kappa shape index (κ3) is 3.52. The normalized spacial score (nSPS) is 10.8. The van der Waals surface area contributed by atoms with Crippen LogP contribution in [0, 0.1) is 10.1 Å². The highest BCUT2D eigenvalue weighted by atomic mass is 16.6. The van der Waals surface area contributed by atoms with Crippen LogP contribution in [0.5, 0.6) is 0 Å². The van der Waals surface area contributed by atoms with E-state index < -0.39 is 0 Å². The first-order valence-corrected chi connectivity index (χ1v) is 7.31. The van der Waals surface area contributed by atoms with Crippen LogP contribution >= 0.6 is 0 Å². The van der Waals surface area contributed by atoms with Crippen molar-refractivity contribution in [3.63, 3.8) is 0 Å². The van der Waals surface area contributed by atoms with Crippen LogP contribution in [-0.2, 0) is 0 Å². The number of nitro groups is 1. The van der Waals surface area contributed by atoms with Crippen LogP contribution in [0.25, 0.3) is 23.3 Å². The van der Waals surface area contributed by atoms with Gasteiger partial charge in [-0.15, -0.1) is 0 Å². The minimum Gasteiger partial charge on any atom is -0.258 e. The predicted octanol–water partition coefficient (Wildman–Crippen LogP) is 5.43. The molecule has 3 aromatic carbocycles. The topological polar surface area (TPSA) is 43.1 Å². The van der Waals surface area contributed by atoms with Crippen LogP contribution in [0.1, 0.15) is 11.1 Å². The number of nitro benzene ring substituents is 1. The lowest BCUT2D eigenvalue weighted by molar-refractivity contribution is -0.384. The minimum absolute atomic E-state index is 0.0948. The monoisotopic (exact) mass is 301 g/mol. The largest absolute Gasteiger partial charge is 0.270 e. The van der Waals surface area contributed by atoms with Crippen molar-refractivity contribution in [2.45, 2.75) is 0 Å². The second-order valence-electron chi connectivity index (χ2n) is 5.14. The van der Waals surface area contributed by atoms with E-state index in [1.54, 1.807) is 18.2 Å². The first-order chi connectivity index (χ1) is 11.2. The van der Waals surface area contributed by atoms with E-state index in [1.807, 2.05) is 72.8 Å². The van der Waals surface area contributed by atoms with E-state index in [4.69, 9.17) is 0 Å². The van der Waals surface area contributed by atoms with Gasteiger partial charge >= 0.3 is 0 Å². The minimum atomic E-state index is -0.366. The number of nitrogens with zero attached hydrogens (tertiary/aromatic N) is 1. The molecule has 112 valence electrons. The Labute approximate surface area is 134 Å². The molecular formula is C20H15NO2. The molecule has 3 aromatic rings. The highest BCUT2D eigenvalue weighted by Crippen LogP contribution is 2.28. The number of benzene rings is 3. The van der Waals surface area contributed by atoms with Crippen molar-refractivity contribution >= 4 is 17.8 Å². The molecule has 0 aromatic heterocycles. The van der Waals surface area contributed by atoms with Crippen LogP contribution in [0.4, 0.5) is 5.69 Å². The maximum Gasteiger partial charge on any atom is 0.270 e. The van der Waals surface area contributed by atoms with E-state index in [1.165, 1.54) is 0 Å². The molecule has 0 N–H and O–H groups in total. The van der Waals surface area contributed by atoms with Gasteiger partial charge in [0.05, 0.1) is 4.92 Å². The van der Waals surface area contributed by atoms with Crippen molar-refractivity contribution < 1.29 is 4.92 Å². The van der Waals surface area contributed by atoms with Crippen LogP contribution in [-0.4, -0.2) is 4.92 Å². The highest BCUT2D eigenvalue weighted by Gasteiger charge is 2.10. The van der Waals surface area contributed by atoms with Crippen LogP contribution < -0.4 is 0 Å². The van der Waals surface area contributed by atoms with E-state index in [0.29, 0.717) is 0 Å². The molecule has 0 aliphatic rings. The summed E-state index contributed by atoms with van der Waals surface area (Å²) in [5.74, 6) is 0. The van der Waals surface area contributed by atoms with Crippen LogP contribution in [0.15, 0.2) is 78.9 Å². The molecule has 0 fully saturated rings. The SMILES string of the molecule is O=[N+]([O-])c1ccc(-c2ccccc2)c(/C=C/c2ccccc2)c1. The molecular weight excluding hydrogens is 286 g/mol. The molecule has 3 rings (SSSR count). The molecule has 0 radical (unpaired) electrons. The van der Waals surface area contributed by atoms with Gasteiger partial charge in [0.1, 0.15) is 0 Å². The fraction of sp³-hybridized carbons (Fsp3) is 0. The Balaban J connectivity index is 2.06. The maximum atomic E-state index is 11.1. The lowest BCUT2D eigenvalue weighted by Gasteiger charge is -2.06. The molecule has 0 bridgehead atoms. The fourth-order valence-electron chi connectivity index (χ4n) is 2.43. The highest BCUT2D eigenvalue weighted by molar-refractivity contribution is 5.82. The Kier molecular flexibility index (Phi) is 4.29. The number of rotatable bonds is 4. The molecule has 3 nitrogen and oxygen atoms in total. The van der Waals surface area contributed by atoms with Crippen molar-refractivity contribution in [1.29, 1.82) is 0 Å². The lowest BCUT2D eigenvalue weighted by Crippen LogP contribution is -1.90. The van der Waals surface area contributed by atoms with Gasteiger partial charge in [-0.2, -0.15) is 0 Å². The summed E-state index contributed by atoms with van der Waals surface area (Å²) in [4.78, 5) is 10.7. The quantitative estimate of drug-likeness (QED) is 0.366. The molecule has 0 amide bonds. The third-order valence-corrected chi connectivity index (χ3v) is 3.59. The molecule has 23 heavy (non-hydrogen) atoms. The van der Waals surface area contributed by atoms with Crippen LogP contribution in [0.3, 0.4) is 0 Å². The molecule has 0 saturated heterocycles. The summed E-state index contributed by atoms with van der Waals surface area (Å²) in [6.07, 6.45) is 3.89. The summed E-state index contributed by atoms with van der Waals surface area (Å²) in [6.45, 7) is 0. The van der Waals surface area contributed by atoms with Gasteiger partial charge in [-0.1, -0.05) is 72.8 Å². The van der Waals surface area contributed by atoms with Crippen molar-refractivity contribution in [2.75, 3.05) is 0 Å². The van der Waals surface area contributed by atoms with Crippen molar-refractivity contribution in [2.24, 2.45) is 0 Å². The van der Waals surface area contributed by atoms with Crippen molar-refractivity contribution in [3.05, 3.63) is 100 Å². The van der Waals surface area contributed by atoms with Crippen molar-refractivity contribution in [3.8, 4) is 11.1 Å². The first-order valence-electron chi connectivity index (χ1n) is 7.31. The standard InChI is InChI=1S/C20H15NO2/c22-21(23)19-13-14-20(17-9-5-2-6-10-17)18(15-19)12-11-16-7-3-1-4-8-16/h1-15H/b12-11+. The van der Waals surface area contributed by atoms with Gasteiger partial charge in [0.15, 0.2) is 0 Å². The summed E-state index contributed by atoms with van der Waals surface area (Å²) >= 11 is 0. The van der Waals surface area contributed by atoms with Gasteiger partial charge in [0.25, 0.3) is 5.69 Å². The lowest BCUT2D eigenvalue weighted by atomic mass is 9.98. The predicted molar refractivity (Wildman–Crippen MR) is 93.9 cm³/mol. The zero-order valence-corrected chi connectivity index (χ0v) is 12.4. The molecule has 0 spiro atoms. The Hall–Kier alpha value is -3.20. The second kappa shape index (κ2) is 6.71. The zero-order valence-electron chi connectivity index (χ0n) is 12.4. The van der Waals surface area contributed by atoms with E-state index in [0.717, 1.165) is 22.3 Å². The Bertz CT molecular complexity index is 840. The Morgan fingerprint density at radius 1 is 0.783 bits per heavy atom. The van der Waals surface area contributed by atoms with Gasteiger partial charge in [0.2, 0.25) is 0 Å². The average molecular weight is 301 g/mol. The van der Waals surface area contributed by atoms with E-state index in [-0.39, 0.29) is 10.6 Å². The molecule has 0 aliphatic heterocycles. The van der Waals surface area contributed by atoms with Gasteiger partial charge in [-0.05, 0) is 28.3 Å². The maximum absolute atomic E-state index is 11.1. The zero-order chi connectivity index (χ0) is 16.1. The summed E-state index contributed by atoms with van der Waals surface area (Å²) < 4.78 is 0. The first kappa shape index (κ1) is 14.7. The third-order valence-electron chi connectivity index (χ3n) is 3.59. The molecule has 0 atom stereocenters. The molecule has 0 heterocycles. The van der Waals surface area contributed by atoms with Gasteiger partial charge in [-0.3, -0.25) is 10.1 Å². The molecule has 0 unspecified atom stereocenters. The summed E-state index contributed by atoms with van der Waals surface area (Å²) in [5.41, 5.74) is 3.99. The smallest absolute Gasteiger partial charge is 0.258 e. The van der Waals surface area contributed by atoms with Gasteiger partial charge in [-0.25, -0.2) is 0 Å².